The van der Waals surface area contributed by atoms with E-state index in [2.05, 4.69) is 4.90 Å². The fourth-order valence-electron chi connectivity index (χ4n) is 2.95. The molecule has 3 atom stereocenters. The summed E-state index contributed by atoms with van der Waals surface area (Å²) < 4.78 is 5.38. The standard InChI is InChI=1S/C12H24N2O/c1-15-11-6-7-14(9-11)8-10-4-2-3-5-12(10)13/h10-12H,2-9,13H2,1H3. The maximum atomic E-state index is 6.17. The molecule has 3 nitrogen and oxygen atoms in total. The number of likely N-dealkylation sites (tertiary alicyclic amines) is 1. The Kier molecular flexibility index (Phi) is 4.00. The summed E-state index contributed by atoms with van der Waals surface area (Å²) in [5, 5.41) is 0. The van der Waals surface area contributed by atoms with Gasteiger partial charge in [0.15, 0.2) is 0 Å². The molecule has 0 bridgehead atoms. The van der Waals surface area contributed by atoms with Crippen LogP contribution in [0.5, 0.6) is 0 Å². The molecule has 2 rings (SSSR count). The highest BCUT2D eigenvalue weighted by Crippen LogP contribution is 2.25. The first-order valence-electron chi connectivity index (χ1n) is 6.30. The summed E-state index contributed by atoms with van der Waals surface area (Å²) in [4.78, 5) is 2.53. The zero-order valence-corrected chi connectivity index (χ0v) is 9.82. The van der Waals surface area contributed by atoms with E-state index >= 15 is 0 Å². The van der Waals surface area contributed by atoms with Crippen LogP contribution in [0.25, 0.3) is 0 Å². The Morgan fingerprint density at radius 1 is 1.27 bits per heavy atom. The van der Waals surface area contributed by atoms with Crippen molar-refractivity contribution in [3.63, 3.8) is 0 Å². The first kappa shape index (κ1) is 11.4. The van der Waals surface area contributed by atoms with Crippen molar-refractivity contribution in [1.29, 1.82) is 0 Å². The van der Waals surface area contributed by atoms with E-state index in [1.165, 1.54) is 45.2 Å². The molecule has 3 heteroatoms. The van der Waals surface area contributed by atoms with Crippen molar-refractivity contribution >= 4 is 0 Å². The summed E-state index contributed by atoms with van der Waals surface area (Å²) in [6.45, 7) is 3.50. The van der Waals surface area contributed by atoms with Crippen molar-refractivity contribution in [3.05, 3.63) is 0 Å². The van der Waals surface area contributed by atoms with Crippen LogP contribution in [0.3, 0.4) is 0 Å². The largest absolute Gasteiger partial charge is 0.380 e. The lowest BCUT2D eigenvalue weighted by Crippen LogP contribution is -2.40. The number of hydrogen-bond donors (Lipinski definition) is 1. The minimum absolute atomic E-state index is 0.445. The Bertz CT molecular complexity index is 198. The van der Waals surface area contributed by atoms with Gasteiger partial charge >= 0.3 is 0 Å². The van der Waals surface area contributed by atoms with Gasteiger partial charge in [0.25, 0.3) is 0 Å². The molecule has 1 aliphatic heterocycles. The van der Waals surface area contributed by atoms with Gasteiger partial charge in [-0.2, -0.15) is 0 Å². The van der Waals surface area contributed by atoms with Crippen molar-refractivity contribution in [2.24, 2.45) is 11.7 Å². The first-order valence-corrected chi connectivity index (χ1v) is 6.30. The summed E-state index contributed by atoms with van der Waals surface area (Å²) in [5.41, 5.74) is 6.17. The highest BCUT2D eigenvalue weighted by Gasteiger charge is 2.28. The van der Waals surface area contributed by atoms with Crippen LogP contribution in [-0.2, 0) is 4.74 Å². The second-order valence-corrected chi connectivity index (χ2v) is 5.11. The van der Waals surface area contributed by atoms with Crippen molar-refractivity contribution < 1.29 is 4.74 Å². The number of hydrogen-bond acceptors (Lipinski definition) is 3. The maximum absolute atomic E-state index is 6.17. The maximum Gasteiger partial charge on any atom is 0.0710 e. The highest BCUT2D eigenvalue weighted by atomic mass is 16.5. The average molecular weight is 212 g/mol. The Labute approximate surface area is 93.0 Å². The molecule has 0 radical (unpaired) electrons. The molecule has 88 valence electrons. The van der Waals surface area contributed by atoms with Gasteiger partial charge in [-0.3, -0.25) is 0 Å². The molecule has 2 fully saturated rings. The normalized spacial score (nSPS) is 38.4. The molecule has 2 aliphatic rings. The van der Waals surface area contributed by atoms with E-state index in [9.17, 15) is 0 Å². The van der Waals surface area contributed by atoms with E-state index in [4.69, 9.17) is 10.5 Å². The summed E-state index contributed by atoms with van der Waals surface area (Å²) >= 11 is 0. The van der Waals surface area contributed by atoms with Gasteiger partial charge in [-0.1, -0.05) is 12.8 Å². The topological polar surface area (TPSA) is 38.5 Å². The zero-order chi connectivity index (χ0) is 10.7. The van der Waals surface area contributed by atoms with Gasteiger partial charge < -0.3 is 15.4 Å². The molecule has 1 saturated heterocycles. The van der Waals surface area contributed by atoms with E-state index in [1.807, 2.05) is 7.11 Å². The summed E-state index contributed by atoms with van der Waals surface area (Å²) in [6, 6.07) is 0.445. The lowest BCUT2D eigenvalue weighted by atomic mass is 9.85. The summed E-state index contributed by atoms with van der Waals surface area (Å²) in [6.07, 6.45) is 6.92. The van der Waals surface area contributed by atoms with Gasteiger partial charge in [0.05, 0.1) is 6.10 Å². The van der Waals surface area contributed by atoms with E-state index in [1.54, 1.807) is 0 Å². The Hall–Kier alpha value is -0.120. The van der Waals surface area contributed by atoms with Crippen LogP contribution in [0, 0.1) is 5.92 Å². The average Bonchev–Trinajstić information content (AvgIpc) is 2.69. The van der Waals surface area contributed by atoms with Gasteiger partial charge in [-0.05, 0) is 25.2 Å². The second-order valence-electron chi connectivity index (χ2n) is 5.11. The van der Waals surface area contributed by atoms with Crippen LogP contribution < -0.4 is 5.73 Å². The Morgan fingerprint density at radius 2 is 2.07 bits per heavy atom. The first-order chi connectivity index (χ1) is 7.29. The van der Waals surface area contributed by atoms with Gasteiger partial charge in [-0.25, -0.2) is 0 Å². The predicted octanol–water partition coefficient (Wildman–Crippen LogP) is 1.22. The molecule has 0 aromatic heterocycles. The molecule has 1 heterocycles. The molecule has 0 amide bonds. The van der Waals surface area contributed by atoms with Crippen LogP contribution in [0.2, 0.25) is 0 Å². The van der Waals surface area contributed by atoms with Crippen LogP contribution in [0.4, 0.5) is 0 Å². The molecular weight excluding hydrogens is 188 g/mol. The van der Waals surface area contributed by atoms with Gasteiger partial charge in [0.2, 0.25) is 0 Å². The summed E-state index contributed by atoms with van der Waals surface area (Å²) in [7, 11) is 1.82. The lowest BCUT2D eigenvalue weighted by Gasteiger charge is -2.31. The number of methoxy groups -OCH3 is 1. The quantitative estimate of drug-likeness (QED) is 0.764. The molecule has 15 heavy (non-hydrogen) atoms. The van der Waals surface area contributed by atoms with E-state index in [0.717, 1.165) is 12.5 Å². The monoisotopic (exact) mass is 212 g/mol. The van der Waals surface area contributed by atoms with Gasteiger partial charge in [0.1, 0.15) is 0 Å². The SMILES string of the molecule is COC1CCN(CC2CCCCC2N)C1. The van der Waals surface area contributed by atoms with E-state index in [0.29, 0.717) is 12.1 Å². The lowest BCUT2D eigenvalue weighted by molar-refractivity contribution is 0.103. The van der Waals surface area contributed by atoms with Crippen LogP contribution in [0.1, 0.15) is 32.1 Å². The van der Waals surface area contributed by atoms with Crippen LogP contribution in [0.15, 0.2) is 0 Å². The third kappa shape index (κ3) is 2.92. The van der Waals surface area contributed by atoms with E-state index < -0.39 is 0 Å². The molecule has 0 aromatic rings. The smallest absolute Gasteiger partial charge is 0.0710 e. The third-order valence-corrected chi connectivity index (χ3v) is 4.02. The minimum atomic E-state index is 0.445. The highest BCUT2D eigenvalue weighted by molar-refractivity contribution is 4.84. The number of rotatable bonds is 3. The van der Waals surface area contributed by atoms with Gasteiger partial charge in [0, 0.05) is 32.8 Å². The number of nitrogens with zero attached hydrogens (tertiary/aromatic N) is 1. The van der Waals surface area contributed by atoms with Crippen molar-refractivity contribution in [2.75, 3.05) is 26.7 Å². The van der Waals surface area contributed by atoms with E-state index in [-0.39, 0.29) is 0 Å². The van der Waals surface area contributed by atoms with Crippen molar-refractivity contribution in [3.8, 4) is 0 Å². The number of nitrogens with two attached hydrogens (primary N) is 1. The van der Waals surface area contributed by atoms with Crippen LogP contribution >= 0.6 is 0 Å². The fraction of sp³-hybridized carbons (Fsp3) is 1.00. The Balaban J connectivity index is 1.76. The molecule has 3 unspecified atom stereocenters. The van der Waals surface area contributed by atoms with Crippen molar-refractivity contribution in [2.45, 2.75) is 44.2 Å². The van der Waals surface area contributed by atoms with Gasteiger partial charge in [-0.15, -0.1) is 0 Å². The molecule has 0 spiro atoms. The Morgan fingerprint density at radius 3 is 2.73 bits per heavy atom. The minimum Gasteiger partial charge on any atom is -0.380 e. The molecule has 0 aromatic carbocycles. The summed E-state index contributed by atoms with van der Waals surface area (Å²) in [5.74, 6) is 0.731. The molecule has 1 aliphatic carbocycles. The second kappa shape index (κ2) is 5.28. The van der Waals surface area contributed by atoms with Crippen molar-refractivity contribution in [1.82, 2.24) is 4.90 Å². The fourth-order valence-corrected chi connectivity index (χ4v) is 2.95. The van der Waals surface area contributed by atoms with Crippen LogP contribution in [-0.4, -0.2) is 43.8 Å². The molecule has 1 saturated carbocycles. The zero-order valence-electron chi connectivity index (χ0n) is 9.82. The number of ether oxygens (including phenoxy) is 1. The molecule has 2 N–H and O–H groups in total. The third-order valence-electron chi connectivity index (χ3n) is 4.02. The predicted molar refractivity (Wildman–Crippen MR) is 61.8 cm³/mol. The molecular formula is C12H24N2O.